The average Bonchev–Trinajstić information content (AvgIpc) is 3.47. The Hall–Kier alpha value is -3.31. The Morgan fingerprint density at radius 1 is 0.879 bits per heavy atom. The van der Waals surface area contributed by atoms with Gasteiger partial charge in [0.2, 0.25) is 0 Å². The number of hydrogen-bond donors (Lipinski definition) is 2. The van der Waals surface area contributed by atoms with Gasteiger partial charge >= 0.3 is 0 Å². The van der Waals surface area contributed by atoms with Crippen molar-refractivity contribution in [2.24, 2.45) is 11.8 Å². The summed E-state index contributed by atoms with van der Waals surface area (Å²) in [5.74, 6) is 0.415. The van der Waals surface area contributed by atoms with Crippen LogP contribution in [0.2, 0.25) is 0 Å². The Morgan fingerprint density at radius 3 is 2.21 bits per heavy atom. The van der Waals surface area contributed by atoms with Gasteiger partial charge in [0.1, 0.15) is 6.23 Å². The molecule has 4 heterocycles. The van der Waals surface area contributed by atoms with Crippen molar-refractivity contribution in [1.82, 2.24) is 14.5 Å². The number of amides is 1. The maximum atomic E-state index is 13.2. The van der Waals surface area contributed by atoms with E-state index in [0.717, 1.165) is 61.2 Å². The van der Waals surface area contributed by atoms with E-state index in [1.54, 1.807) is 0 Å². The molecular weight excluding hydrogens is 410 g/mol. The highest BCUT2D eigenvalue weighted by atomic mass is 16.3. The van der Waals surface area contributed by atoms with E-state index < -0.39 is 6.23 Å². The molecule has 166 valence electrons. The zero-order valence-electron chi connectivity index (χ0n) is 19.1. The third-order valence-corrected chi connectivity index (χ3v) is 8.34. The fraction of sp³-hybridized carbons (Fsp3) is 0.321. The molecule has 2 aliphatic heterocycles. The molecule has 0 aliphatic carbocycles. The third-order valence-electron chi connectivity index (χ3n) is 8.34. The standard InChI is InChI=1S/C28H27N3O2/c1-14-12-15(2)30-20-10-6-5-9-18(20)23-24-19(13-29-27(24)32)22-17-8-4-7-11-21(17)31(25(22)26(23)30)28(33)16(14)3/h4-11,14-16,28,33H,12-13H2,1-3H3,(H,29,32)/t14?,15-,16?,28-/m0/s1. The Bertz CT molecular complexity index is 1640. The van der Waals surface area contributed by atoms with Crippen LogP contribution < -0.4 is 5.32 Å². The SMILES string of the molecule is CC1C[C@H](C)n2c3ccccc3c3c4c(c5c6ccccc6n(c5c32)[C@@H](O)C1C)CNC4=O. The summed E-state index contributed by atoms with van der Waals surface area (Å²) in [4.78, 5) is 13.2. The van der Waals surface area contributed by atoms with E-state index >= 15 is 0 Å². The largest absolute Gasteiger partial charge is 0.373 e. The molecule has 33 heavy (non-hydrogen) atoms. The molecule has 2 aliphatic rings. The van der Waals surface area contributed by atoms with Gasteiger partial charge in [-0.1, -0.05) is 50.2 Å². The first kappa shape index (κ1) is 19.2. The van der Waals surface area contributed by atoms with Crippen molar-refractivity contribution >= 4 is 49.5 Å². The lowest BCUT2D eigenvalue weighted by molar-refractivity contribution is 0.0284. The van der Waals surface area contributed by atoms with E-state index in [1.807, 2.05) is 6.07 Å². The minimum absolute atomic E-state index is 0.00134. The molecule has 0 radical (unpaired) electrons. The number of fused-ring (bicyclic) bond motifs is 9. The summed E-state index contributed by atoms with van der Waals surface area (Å²) in [6.45, 7) is 7.21. The van der Waals surface area contributed by atoms with E-state index in [1.165, 1.54) is 0 Å². The van der Waals surface area contributed by atoms with E-state index in [4.69, 9.17) is 0 Å². The molecule has 5 aromatic rings. The Labute approximate surface area is 191 Å². The summed E-state index contributed by atoms with van der Waals surface area (Å²) < 4.78 is 4.60. The number of carbonyl (C=O) groups is 1. The van der Waals surface area contributed by atoms with Crippen molar-refractivity contribution in [1.29, 1.82) is 0 Å². The van der Waals surface area contributed by atoms with Crippen LogP contribution in [0.25, 0.3) is 43.6 Å². The van der Waals surface area contributed by atoms with Crippen molar-refractivity contribution in [2.75, 3.05) is 0 Å². The first-order chi connectivity index (χ1) is 16.0. The van der Waals surface area contributed by atoms with Crippen molar-refractivity contribution in [3.05, 3.63) is 59.7 Å². The lowest BCUT2D eigenvalue weighted by Gasteiger charge is -2.28. The second kappa shape index (κ2) is 6.39. The van der Waals surface area contributed by atoms with E-state index in [-0.39, 0.29) is 17.9 Å². The number of aliphatic hydroxyl groups is 1. The van der Waals surface area contributed by atoms with Crippen LogP contribution in [0.5, 0.6) is 0 Å². The molecular formula is C28H27N3O2. The normalized spacial score (nSPS) is 25.0. The molecule has 0 saturated heterocycles. The van der Waals surface area contributed by atoms with Crippen LogP contribution in [-0.2, 0) is 6.54 Å². The second-order valence-corrected chi connectivity index (χ2v) is 10.1. The quantitative estimate of drug-likeness (QED) is 0.318. The summed E-state index contributed by atoms with van der Waals surface area (Å²) in [6, 6.07) is 17.0. The van der Waals surface area contributed by atoms with Gasteiger partial charge in [-0.25, -0.2) is 0 Å². The van der Waals surface area contributed by atoms with E-state index in [0.29, 0.717) is 12.5 Å². The van der Waals surface area contributed by atoms with Gasteiger partial charge in [0, 0.05) is 45.6 Å². The Kier molecular flexibility index (Phi) is 3.71. The summed E-state index contributed by atoms with van der Waals surface area (Å²) in [5, 5.41) is 19.2. The van der Waals surface area contributed by atoms with Crippen molar-refractivity contribution in [3.8, 4) is 0 Å². The molecule has 0 saturated carbocycles. The van der Waals surface area contributed by atoms with Crippen LogP contribution in [0, 0.1) is 11.8 Å². The predicted molar refractivity (Wildman–Crippen MR) is 133 cm³/mol. The Morgan fingerprint density at radius 2 is 1.48 bits per heavy atom. The number of rotatable bonds is 0. The molecule has 3 aromatic carbocycles. The molecule has 1 amide bonds. The molecule has 0 bridgehead atoms. The molecule has 5 heteroatoms. The topological polar surface area (TPSA) is 59.2 Å². The van der Waals surface area contributed by atoms with Crippen LogP contribution in [0.1, 0.15) is 55.4 Å². The maximum Gasteiger partial charge on any atom is 0.252 e. The molecule has 2 N–H and O–H groups in total. The highest BCUT2D eigenvalue weighted by Crippen LogP contribution is 2.49. The van der Waals surface area contributed by atoms with Gasteiger partial charge in [0.05, 0.1) is 22.1 Å². The van der Waals surface area contributed by atoms with Gasteiger partial charge < -0.3 is 19.6 Å². The van der Waals surface area contributed by atoms with E-state index in [2.05, 4.69) is 77.7 Å². The minimum atomic E-state index is -0.648. The van der Waals surface area contributed by atoms with Crippen molar-refractivity contribution < 1.29 is 9.90 Å². The van der Waals surface area contributed by atoms with Gasteiger partial charge in [0.15, 0.2) is 0 Å². The molecule has 2 aromatic heterocycles. The van der Waals surface area contributed by atoms with Crippen LogP contribution in [0.15, 0.2) is 48.5 Å². The highest BCUT2D eigenvalue weighted by Gasteiger charge is 2.36. The van der Waals surface area contributed by atoms with Gasteiger partial charge in [-0.05, 0) is 37.0 Å². The van der Waals surface area contributed by atoms with Gasteiger partial charge in [0.25, 0.3) is 5.91 Å². The molecule has 2 unspecified atom stereocenters. The van der Waals surface area contributed by atoms with Crippen molar-refractivity contribution in [2.45, 2.75) is 46.0 Å². The molecule has 4 atom stereocenters. The van der Waals surface area contributed by atoms with Gasteiger partial charge in [-0.15, -0.1) is 0 Å². The molecule has 5 nitrogen and oxygen atoms in total. The zero-order valence-corrected chi connectivity index (χ0v) is 19.1. The monoisotopic (exact) mass is 437 g/mol. The van der Waals surface area contributed by atoms with E-state index in [9.17, 15) is 9.90 Å². The van der Waals surface area contributed by atoms with Gasteiger partial charge in [-0.2, -0.15) is 0 Å². The number of hydrogen-bond acceptors (Lipinski definition) is 2. The fourth-order valence-corrected chi connectivity index (χ4v) is 6.63. The number of aromatic nitrogens is 2. The lowest BCUT2D eigenvalue weighted by atomic mass is 9.88. The second-order valence-electron chi connectivity index (χ2n) is 10.1. The summed E-state index contributed by atoms with van der Waals surface area (Å²) in [7, 11) is 0. The smallest absolute Gasteiger partial charge is 0.252 e. The Balaban J connectivity index is 1.87. The van der Waals surface area contributed by atoms with Crippen LogP contribution >= 0.6 is 0 Å². The first-order valence-electron chi connectivity index (χ1n) is 12.0. The first-order valence-corrected chi connectivity index (χ1v) is 12.0. The minimum Gasteiger partial charge on any atom is -0.373 e. The maximum absolute atomic E-state index is 13.2. The average molecular weight is 438 g/mol. The van der Waals surface area contributed by atoms with Gasteiger partial charge in [-0.3, -0.25) is 4.79 Å². The molecule has 0 spiro atoms. The van der Waals surface area contributed by atoms with Crippen molar-refractivity contribution in [3.63, 3.8) is 0 Å². The highest BCUT2D eigenvalue weighted by molar-refractivity contribution is 6.30. The van der Waals surface area contributed by atoms with Crippen LogP contribution in [-0.4, -0.2) is 20.1 Å². The fourth-order valence-electron chi connectivity index (χ4n) is 6.63. The van der Waals surface area contributed by atoms with Crippen LogP contribution in [0.3, 0.4) is 0 Å². The molecule has 7 rings (SSSR count). The third kappa shape index (κ3) is 2.23. The number of nitrogens with zero attached hydrogens (tertiary/aromatic N) is 2. The predicted octanol–water partition coefficient (Wildman–Crippen LogP) is 5.87. The zero-order chi connectivity index (χ0) is 22.6. The molecule has 0 fully saturated rings. The summed E-state index contributed by atoms with van der Waals surface area (Å²) in [6.07, 6.45) is 0.310. The lowest BCUT2D eigenvalue weighted by Crippen LogP contribution is -2.23. The number of benzene rings is 3. The summed E-state index contributed by atoms with van der Waals surface area (Å²) in [5.41, 5.74) is 6.17. The number of nitrogens with one attached hydrogen (secondary N) is 1. The van der Waals surface area contributed by atoms with Crippen LogP contribution in [0.4, 0.5) is 0 Å². The number of carbonyl (C=O) groups excluding carboxylic acids is 1. The number of para-hydroxylation sites is 2. The summed E-state index contributed by atoms with van der Waals surface area (Å²) >= 11 is 0. The number of aliphatic hydroxyl groups excluding tert-OH is 1.